The summed E-state index contributed by atoms with van der Waals surface area (Å²) in [4.78, 5) is 27.0. The lowest BCUT2D eigenvalue weighted by Crippen LogP contribution is -2.41. The highest BCUT2D eigenvalue weighted by molar-refractivity contribution is 5.88. The molecule has 1 aromatic carbocycles. The number of nitrogens with one attached hydrogen (secondary N) is 1. The number of hydrogen-bond donors (Lipinski definition) is 1. The van der Waals surface area contributed by atoms with Crippen LogP contribution in [0.15, 0.2) is 29.1 Å². The third-order valence-corrected chi connectivity index (χ3v) is 5.91. The number of rotatable bonds is 3. The van der Waals surface area contributed by atoms with Crippen LogP contribution < -0.4 is 5.56 Å². The molecule has 2 aromatic rings. The minimum atomic E-state index is -0.201. The molecule has 132 valence electrons. The van der Waals surface area contributed by atoms with E-state index in [1.54, 1.807) is 6.07 Å². The highest BCUT2D eigenvalue weighted by Gasteiger charge is 2.35. The van der Waals surface area contributed by atoms with E-state index in [1.807, 2.05) is 18.2 Å². The number of fused-ring (bicyclic) bond motifs is 1. The van der Waals surface area contributed by atoms with Crippen LogP contribution in [0.1, 0.15) is 50.6 Å². The van der Waals surface area contributed by atoms with Crippen molar-refractivity contribution in [3.05, 3.63) is 40.3 Å². The molecule has 1 saturated carbocycles. The fourth-order valence-corrected chi connectivity index (χ4v) is 4.66. The normalized spacial score (nSPS) is 21.8. The molecule has 0 spiro atoms. The number of H-pyrrole nitrogens is 1. The lowest BCUT2D eigenvalue weighted by atomic mass is 9.83. The van der Waals surface area contributed by atoms with E-state index < -0.39 is 0 Å². The van der Waals surface area contributed by atoms with Gasteiger partial charge in [-0.05, 0) is 37.7 Å². The molecule has 25 heavy (non-hydrogen) atoms. The standard InChI is InChI=1S/C20H25N3O2/c24-19(23-12-6-11-18(23)14-7-2-1-3-8-14)13-17-15-9-4-5-10-16(15)20(25)22-21-17/h4-5,9-10,14,18H,1-3,6-8,11-13H2,(H,22,25)/t18-/m1/s1. The van der Waals surface area contributed by atoms with Crippen molar-refractivity contribution in [3.63, 3.8) is 0 Å². The Morgan fingerprint density at radius 1 is 1.08 bits per heavy atom. The molecule has 2 fully saturated rings. The third-order valence-electron chi connectivity index (χ3n) is 5.91. The lowest BCUT2D eigenvalue weighted by Gasteiger charge is -2.34. The first kappa shape index (κ1) is 16.3. The van der Waals surface area contributed by atoms with Crippen molar-refractivity contribution in [2.24, 2.45) is 5.92 Å². The number of aromatic amines is 1. The number of nitrogens with zero attached hydrogens (tertiary/aromatic N) is 2. The summed E-state index contributed by atoms with van der Waals surface area (Å²) in [5, 5.41) is 8.10. The Labute approximate surface area is 147 Å². The second kappa shape index (κ2) is 6.98. The van der Waals surface area contributed by atoms with E-state index in [-0.39, 0.29) is 17.9 Å². The molecular formula is C20H25N3O2. The van der Waals surface area contributed by atoms with E-state index in [9.17, 15) is 9.59 Å². The van der Waals surface area contributed by atoms with Crippen LogP contribution >= 0.6 is 0 Å². The second-order valence-electron chi connectivity index (χ2n) is 7.42. The van der Waals surface area contributed by atoms with Crippen LogP contribution in [0.2, 0.25) is 0 Å². The Bertz CT molecular complexity index is 823. The maximum absolute atomic E-state index is 13.0. The fourth-order valence-electron chi connectivity index (χ4n) is 4.66. The zero-order valence-electron chi connectivity index (χ0n) is 14.5. The van der Waals surface area contributed by atoms with Crippen molar-refractivity contribution in [1.29, 1.82) is 0 Å². The summed E-state index contributed by atoms with van der Waals surface area (Å²) in [5.74, 6) is 0.818. The van der Waals surface area contributed by atoms with Gasteiger partial charge in [0.2, 0.25) is 5.91 Å². The van der Waals surface area contributed by atoms with Crippen molar-refractivity contribution >= 4 is 16.7 Å². The molecule has 1 saturated heterocycles. The SMILES string of the molecule is O=C(Cc1n[nH]c(=O)c2ccccc12)N1CCC[C@@H]1C1CCCCC1. The third kappa shape index (κ3) is 3.20. The highest BCUT2D eigenvalue weighted by Crippen LogP contribution is 2.34. The van der Waals surface area contributed by atoms with E-state index in [4.69, 9.17) is 0 Å². The van der Waals surface area contributed by atoms with Gasteiger partial charge < -0.3 is 4.90 Å². The van der Waals surface area contributed by atoms with Gasteiger partial charge in [0.05, 0.1) is 17.5 Å². The van der Waals surface area contributed by atoms with Gasteiger partial charge in [-0.25, -0.2) is 5.10 Å². The van der Waals surface area contributed by atoms with Gasteiger partial charge in [-0.3, -0.25) is 9.59 Å². The van der Waals surface area contributed by atoms with Gasteiger partial charge in [0.1, 0.15) is 0 Å². The number of carbonyl (C=O) groups excluding carboxylic acids is 1. The van der Waals surface area contributed by atoms with Crippen LogP contribution in [0.4, 0.5) is 0 Å². The first-order valence-corrected chi connectivity index (χ1v) is 9.50. The van der Waals surface area contributed by atoms with Crippen molar-refractivity contribution in [3.8, 4) is 0 Å². The van der Waals surface area contributed by atoms with Crippen LogP contribution in [0.3, 0.4) is 0 Å². The molecule has 1 atom stereocenters. The largest absolute Gasteiger partial charge is 0.339 e. The molecule has 1 N–H and O–H groups in total. The van der Waals surface area contributed by atoms with E-state index in [1.165, 1.54) is 32.1 Å². The second-order valence-corrected chi connectivity index (χ2v) is 7.42. The first-order chi connectivity index (χ1) is 12.2. The van der Waals surface area contributed by atoms with Crippen LogP contribution in [0.25, 0.3) is 10.8 Å². The van der Waals surface area contributed by atoms with Gasteiger partial charge in [-0.1, -0.05) is 37.5 Å². The van der Waals surface area contributed by atoms with Gasteiger partial charge in [0, 0.05) is 18.0 Å². The van der Waals surface area contributed by atoms with Gasteiger partial charge in [-0.15, -0.1) is 0 Å². The zero-order chi connectivity index (χ0) is 17.2. The Balaban J connectivity index is 1.55. The number of benzene rings is 1. The lowest BCUT2D eigenvalue weighted by molar-refractivity contribution is -0.132. The molecule has 4 rings (SSSR count). The minimum absolute atomic E-state index is 0.151. The summed E-state index contributed by atoms with van der Waals surface area (Å²) in [6, 6.07) is 7.79. The summed E-state index contributed by atoms with van der Waals surface area (Å²) in [7, 11) is 0. The van der Waals surface area contributed by atoms with Crippen LogP contribution in [-0.4, -0.2) is 33.6 Å². The molecule has 0 unspecified atom stereocenters. The van der Waals surface area contributed by atoms with Crippen LogP contribution in [-0.2, 0) is 11.2 Å². The van der Waals surface area contributed by atoms with Gasteiger partial charge >= 0.3 is 0 Å². The van der Waals surface area contributed by atoms with Gasteiger partial charge in [0.25, 0.3) is 5.56 Å². The topological polar surface area (TPSA) is 66.1 Å². The number of carbonyl (C=O) groups is 1. The van der Waals surface area contributed by atoms with E-state index >= 15 is 0 Å². The Kier molecular flexibility index (Phi) is 4.55. The number of amides is 1. The van der Waals surface area contributed by atoms with Crippen molar-refractivity contribution in [2.75, 3.05) is 6.54 Å². The Morgan fingerprint density at radius 2 is 1.84 bits per heavy atom. The predicted molar refractivity (Wildman–Crippen MR) is 97.4 cm³/mol. The quantitative estimate of drug-likeness (QED) is 0.935. The molecule has 1 aromatic heterocycles. The first-order valence-electron chi connectivity index (χ1n) is 9.50. The molecule has 0 bridgehead atoms. The minimum Gasteiger partial charge on any atom is -0.339 e. The summed E-state index contributed by atoms with van der Waals surface area (Å²) >= 11 is 0. The number of aromatic nitrogens is 2. The molecule has 5 nitrogen and oxygen atoms in total. The zero-order valence-corrected chi connectivity index (χ0v) is 14.5. The molecule has 5 heteroatoms. The molecule has 1 aliphatic heterocycles. The molecule has 2 heterocycles. The van der Waals surface area contributed by atoms with Crippen molar-refractivity contribution in [1.82, 2.24) is 15.1 Å². The van der Waals surface area contributed by atoms with Crippen molar-refractivity contribution < 1.29 is 4.79 Å². The maximum atomic E-state index is 13.0. The van der Waals surface area contributed by atoms with Crippen LogP contribution in [0.5, 0.6) is 0 Å². The summed E-state index contributed by atoms with van der Waals surface area (Å²) in [6.45, 7) is 0.862. The monoisotopic (exact) mass is 339 g/mol. The Morgan fingerprint density at radius 3 is 2.64 bits per heavy atom. The average Bonchev–Trinajstić information content (AvgIpc) is 3.15. The van der Waals surface area contributed by atoms with Crippen LogP contribution in [0, 0.1) is 5.92 Å². The maximum Gasteiger partial charge on any atom is 0.272 e. The van der Waals surface area contributed by atoms with E-state index in [0.29, 0.717) is 23.0 Å². The fraction of sp³-hybridized carbons (Fsp3) is 0.550. The molecular weight excluding hydrogens is 314 g/mol. The predicted octanol–water partition coefficient (Wildman–Crippen LogP) is 3.04. The van der Waals surface area contributed by atoms with Crippen molar-refractivity contribution in [2.45, 2.75) is 57.4 Å². The van der Waals surface area contributed by atoms with E-state index in [2.05, 4.69) is 15.1 Å². The molecule has 1 aliphatic carbocycles. The summed E-state index contributed by atoms with van der Waals surface area (Å²) < 4.78 is 0. The summed E-state index contributed by atoms with van der Waals surface area (Å²) in [5.41, 5.74) is 0.475. The average molecular weight is 339 g/mol. The number of likely N-dealkylation sites (tertiary alicyclic amines) is 1. The van der Waals surface area contributed by atoms with E-state index in [0.717, 1.165) is 24.8 Å². The highest BCUT2D eigenvalue weighted by atomic mass is 16.2. The van der Waals surface area contributed by atoms with Gasteiger partial charge in [-0.2, -0.15) is 5.10 Å². The van der Waals surface area contributed by atoms with Gasteiger partial charge in [0.15, 0.2) is 0 Å². The molecule has 0 radical (unpaired) electrons. The smallest absolute Gasteiger partial charge is 0.272 e. The molecule has 1 amide bonds. The number of hydrogen-bond acceptors (Lipinski definition) is 3. The molecule has 2 aliphatic rings. The summed E-state index contributed by atoms with van der Waals surface area (Å²) in [6.07, 6.45) is 8.96. The Hall–Kier alpha value is -2.17.